The molecule has 0 aliphatic rings. The first-order valence-corrected chi connectivity index (χ1v) is 8.25. The first-order chi connectivity index (χ1) is 11.6. The quantitative estimate of drug-likeness (QED) is 0.517. The van der Waals surface area contributed by atoms with E-state index in [1.807, 2.05) is 37.3 Å². The molecule has 0 fully saturated rings. The van der Waals surface area contributed by atoms with Gasteiger partial charge in [-0.1, -0.05) is 12.1 Å². The van der Waals surface area contributed by atoms with Crippen molar-refractivity contribution in [3.8, 4) is 11.5 Å². The lowest BCUT2D eigenvalue weighted by Gasteiger charge is -2.18. The monoisotopic (exact) mass is 342 g/mol. The molecule has 2 aromatic carbocycles. The Morgan fingerprint density at radius 2 is 1.92 bits per heavy atom. The molecule has 4 nitrogen and oxygen atoms in total. The molecule has 24 heavy (non-hydrogen) atoms. The minimum atomic E-state index is 0.235. The number of aryl methyl sites for hydroxylation is 1. The van der Waals surface area contributed by atoms with Gasteiger partial charge < -0.3 is 15.2 Å². The highest BCUT2D eigenvalue weighted by atomic mass is 35.5. The fourth-order valence-electron chi connectivity index (χ4n) is 2.82. The van der Waals surface area contributed by atoms with Crippen LogP contribution in [0, 0.1) is 6.92 Å². The van der Waals surface area contributed by atoms with E-state index in [1.54, 1.807) is 19.2 Å². The molecule has 0 bridgehead atoms. The first kappa shape index (κ1) is 16.4. The molecule has 124 valence electrons. The van der Waals surface area contributed by atoms with Gasteiger partial charge in [0.25, 0.3) is 0 Å². The van der Waals surface area contributed by atoms with Crippen LogP contribution in [-0.2, 0) is 6.42 Å². The topological polar surface area (TPSA) is 54.4 Å². The average Bonchev–Trinajstić information content (AvgIpc) is 2.59. The lowest BCUT2D eigenvalue weighted by atomic mass is 10.0. The van der Waals surface area contributed by atoms with E-state index in [2.05, 4.69) is 5.32 Å². The Morgan fingerprint density at radius 1 is 1.17 bits per heavy atom. The summed E-state index contributed by atoms with van der Waals surface area (Å²) in [5.41, 5.74) is 4.69. The van der Waals surface area contributed by atoms with Crippen LogP contribution >= 0.6 is 11.6 Å². The number of rotatable bonds is 5. The maximum Gasteiger partial charge on any atom is 0.145 e. The summed E-state index contributed by atoms with van der Waals surface area (Å²) in [7, 11) is 1.64. The second kappa shape index (κ2) is 6.97. The molecule has 0 spiro atoms. The number of aromatic hydroxyl groups is 1. The molecule has 0 atom stereocenters. The molecular weight excluding hydrogens is 324 g/mol. The van der Waals surface area contributed by atoms with Gasteiger partial charge in [-0.25, -0.2) is 4.98 Å². The van der Waals surface area contributed by atoms with Gasteiger partial charge in [-0.15, -0.1) is 11.6 Å². The number of halogens is 1. The number of phenolic OH excluding ortho intramolecular Hbond substituents is 1. The van der Waals surface area contributed by atoms with Gasteiger partial charge >= 0.3 is 0 Å². The highest BCUT2D eigenvalue weighted by molar-refractivity contribution is 6.18. The van der Waals surface area contributed by atoms with Gasteiger partial charge in [-0.05, 0) is 49.2 Å². The summed E-state index contributed by atoms with van der Waals surface area (Å²) in [4.78, 5) is 4.72. The average molecular weight is 343 g/mol. The van der Waals surface area contributed by atoms with Crippen LogP contribution in [0.3, 0.4) is 0 Å². The number of hydrogen-bond acceptors (Lipinski definition) is 4. The zero-order chi connectivity index (χ0) is 17.1. The highest BCUT2D eigenvalue weighted by Crippen LogP contribution is 2.35. The zero-order valence-corrected chi connectivity index (χ0v) is 14.4. The first-order valence-electron chi connectivity index (χ1n) is 7.72. The van der Waals surface area contributed by atoms with Crippen LogP contribution in [0.15, 0.2) is 42.5 Å². The second-order valence-electron chi connectivity index (χ2n) is 5.52. The molecule has 0 aliphatic carbocycles. The van der Waals surface area contributed by atoms with Crippen molar-refractivity contribution in [2.75, 3.05) is 18.3 Å². The largest absolute Gasteiger partial charge is 0.508 e. The summed E-state index contributed by atoms with van der Waals surface area (Å²) in [6.07, 6.45) is 0.716. The molecule has 1 heterocycles. The van der Waals surface area contributed by atoms with Crippen LogP contribution in [0.25, 0.3) is 10.9 Å². The van der Waals surface area contributed by atoms with E-state index in [9.17, 15) is 5.11 Å². The van der Waals surface area contributed by atoms with Gasteiger partial charge in [0.15, 0.2) is 0 Å². The van der Waals surface area contributed by atoms with E-state index in [-0.39, 0.29) is 5.75 Å². The summed E-state index contributed by atoms with van der Waals surface area (Å²) in [6.45, 7) is 1.98. The fourth-order valence-corrected chi connectivity index (χ4v) is 3.00. The van der Waals surface area contributed by atoms with Crippen molar-refractivity contribution in [1.29, 1.82) is 0 Å². The number of para-hydroxylation sites is 1. The number of aromatic nitrogens is 1. The predicted molar refractivity (Wildman–Crippen MR) is 98.8 cm³/mol. The van der Waals surface area contributed by atoms with Crippen molar-refractivity contribution in [3.05, 3.63) is 53.7 Å². The number of phenols is 1. The Hall–Kier alpha value is -2.46. The maximum absolute atomic E-state index is 9.47. The third-order valence-electron chi connectivity index (χ3n) is 3.99. The third kappa shape index (κ3) is 3.10. The zero-order valence-electron chi connectivity index (χ0n) is 13.6. The summed E-state index contributed by atoms with van der Waals surface area (Å²) >= 11 is 6.00. The number of ether oxygens (including phenoxy) is 1. The number of alkyl halides is 1. The number of benzene rings is 2. The van der Waals surface area contributed by atoms with Gasteiger partial charge in [-0.3, -0.25) is 0 Å². The fraction of sp³-hybridized carbons (Fsp3) is 0.211. The van der Waals surface area contributed by atoms with Crippen LogP contribution in [0.5, 0.6) is 11.5 Å². The van der Waals surface area contributed by atoms with Gasteiger partial charge in [-0.2, -0.15) is 0 Å². The van der Waals surface area contributed by atoms with Crippen molar-refractivity contribution >= 4 is 33.9 Å². The molecule has 0 saturated heterocycles. The number of nitrogens with one attached hydrogen (secondary N) is 1. The van der Waals surface area contributed by atoms with Crippen molar-refractivity contribution < 1.29 is 9.84 Å². The van der Waals surface area contributed by atoms with Gasteiger partial charge in [0.05, 0.1) is 12.8 Å². The molecule has 1 aromatic heterocycles. The molecular formula is C19H19ClN2O2. The van der Waals surface area contributed by atoms with Gasteiger partial charge in [0, 0.05) is 22.6 Å². The van der Waals surface area contributed by atoms with E-state index in [1.165, 1.54) is 0 Å². The smallest absolute Gasteiger partial charge is 0.145 e. The molecule has 0 amide bonds. The Bertz CT molecular complexity index is 863. The summed E-state index contributed by atoms with van der Waals surface area (Å²) < 4.78 is 5.45. The van der Waals surface area contributed by atoms with Gasteiger partial charge in [0.1, 0.15) is 17.0 Å². The summed E-state index contributed by atoms with van der Waals surface area (Å²) in [5, 5.41) is 13.9. The van der Waals surface area contributed by atoms with Crippen molar-refractivity contribution in [2.24, 2.45) is 0 Å². The molecule has 3 aromatic rings. The third-order valence-corrected chi connectivity index (χ3v) is 4.18. The highest BCUT2D eigenvalue weighted by Gasteiger charge is 2.15. The lowest BCUT2D eigenvalue weighted by Crippen LogP contribution is -2.04. The number of fused-ring (bicyclic) bond motifs is 1. The van der Waals surface area contributed by atoms with E-state index < -0.39 is 0 Å². The van der Waals surface area contributed by atoms with Crippen LogP contribution in [0.4, 0.5) is 11.4 Å². The molecule has 5 heteroatoms. The minimum Gasteiger partial charge on any atom is -0.508 e. The Labute approximate surface area is 146 Å². The van der Waals surface area contributed by atoms with Crippen molar-refractivity contribution in [2.45, 2.75) is 13.3 Å². The van der Waals surface area contributed by atoms with Crippen LogP contribution in [-0.4, -0.2) is 23.1 Å². The van der Waals surface area contributed by atoms with Crippen molar-refractivity contribution in [1.82, 2.24) is 4.98 Å². The Morgan fingerprint density at radius 3 is 2.58 bits per heavy atom. The maximum atomic E-state index is 9.47. The SMILES string of the molecule is COc1cccc2c(Nc3ccc(O)cc3)c(CCCl)c(C)nc12. The number of pyridine rings is 1. The van der Waals surface area contributed by atoms with Crippen molar-refractivity contribution in [3.63, 3.8) is 0 Å². The normalized spacial score (nSPS) is 10.8. The molecule has 0 radical (unpaired) electrons. The second-order valence-corrected chi connectivity index (χ2v) is 5.90. The lowest BCUT2D eigenvalue weighted by molar-refractivity contribution is 0.419. The van der Waals surface area contributed by atoms with Crippen LogP contribution < -0.4 is 10.1 Å². The number of methoxy groups -OCH3 is 1. The van der Waals surface area contributed by atoms with E-state index in [4.69, 9.17) is 21.3 Å². The predicted octanol–water partition coefficient (Wildman–Crippen LogP) is 4.78. The van der Waals surface area contributed by atoms with Gasteiger partial charge in [0.2, 0.25) is 0 Å². The Kier molecular flexibility index (Phi) is 4.76. The van der Waals surface area contributed by atoms with E-state index >= 15 is 0 Å². The molecule has 3 rings (SSSR count). The van der Waals surface area contributed by atoms with E-state index in [0.29, 0.717) is 12.3 Å². The number of nitrogens with zero attached hydrogens (tertiary/aromatic N) is 1. The summed E-state index contributed by atoms with van der Waals surface area (Å²) in [5.74, 6) is 1.49. The number of anilines is 2. The molecule has 0 aliphatic heterocycles. The number of hydrogen-bond donors (Lipinski definition) is 2. The Balaban J connectivity index is 2.21. The molecule has 0 unspecified atom stereocenters. The van der Waals surface area contributed by atoms with Crippen LogP contribution in [0.1, 0.15) is 11.3 Å². The van der Waals surface area contributed by atoms with E-state index in [0.717, 1.165) is 39.3 Å². The molecule has 0 saturated carbocycles. The molecule has 2 N–H and O–H groups in total. The standard InChI is InChI=1S/C19H19ClN2O2/c1-12-15(10-11-20)18(22-13-6-8-14(23)9-7-13)16-4-3-5-17(24-2)19(16)21-12/h3-9,23H,10-11H2,1-2H3,(H,21,22). The van der Waals surface area contributed by atoms with Crippen LogP contribution in [0.2, 0.25) is 0 Å². The summed E-state index contributed by atoms with van der Waals surface area (Å²) in [6, 6.07) is 12.8. The minimum absolute atomic E-state index is 0.235.